The van der Waals surface area contributed by atoms with E-state index in [9.17, 15) is 19.6 Å². The summed E-state index contributed by atoms with van der Waals surface area (Å²) in [5.74, 6) is -1.71. The molecule has 2 rings (SSSR count). The first-order valence-corrected chi connectivity index (χ1v) is 9.81. The number of aryl methyl sites for hydroxylation is 1. The zero-order chi connectivity index (χ0) is 22.8. The second-order valence-electron chi connectivity index (χ2n) is 6.65. The number of methoxy groups -OCH3 is 1. The van der Waals surface area contributed by atoms with Crippen LogP contribution in [0.3, 0.4) is 0 Å². The number of halogens is 1. The predicted octanol–water partition coefficient (Wildman–Crippen LogP) is 0.149. The quantitative estimate of drug-likeness (QED) is 0.354. The van der Waals surface area contributed by atoms with Gasteiger partial charge in [0.15, 0.2) is 0 Å². The van der Waals surface area contributed by atoms with Crippen LogP contribution in [0.5, 0.6) is 5.75 Å². The predicted molar refractivity (Wildman–Crippen MR) is 114 cm³/mol. The van der Waals surface area contributed by atoms with E-state index >= 15 is 0 Å². The van der Waals surface area contributed by atoms with Gasteiger partial charge in [-0.1, -0.05) is 11.6 Å². The number of carbonyl (C=O) groups is 2. The largest absolute Gasteiger partial charge is 0.493 e. The summed E-state index contributed by atoms with van der Waals surface area (Å²) in [5, 5.41) is 24.9. The topological polar surface area (TPSA) is 143 Å². The Kier molecular flexibility index (Phi) is 9.66. The molecule has 31 heavy (non-hydrogen) atoms. The van der Waals surface area contributed by atoms with Gasteiger partial charge in [0.1, 0.15) is 17.5 Å². The molecule has 2 aromatic rings. The van der Waals surface area contributed by atoms with Gasteiger partial charge in [-0.05, 0) is 30.7 Å². The maximum absolute atomic E-state index is 12.6. The lowest BCUT2D eigenvalue weighted by atomic mass is 9.77. The molecule has 0 unspecified atom stereocenters. The summed E-state index contributed by atoms with van der Waals surface area (Å²) in [7, 11) is -0.465. The monoisotopic (exact) mass is 450 g/mol. The molecule has 1 aromatic heterocycles. The van der Waals surface area contributed by atoms with Crippen molar-refractivity contribution in [3.63, 3.8) is 0 Å². The van der Waals surface area contributed by atoms with Crippen LogP contribution < -0.4 is 15.4 Å². The van der Waals surface area contributed by atoms with Crippen LogP contribution in [0.25, 0.3) is 0 Å². The van der Waals surface area contributed by atoms with Gasteiger partial charge in [0.05, 0.1) is 25.4 Å². The number of benzene rings is 1. The van der Waals surface area contributed by atoms with Crippen molar-refractivity contribution in [3.05, 3.63) is 53.1 Å². The molecule has 0 bridgehead atoms. The zero-order valence-corrected chi connectivity index (χ0v) is 17.9. The number of ether oxygens (including phenoxy) is 2. The number of rotatable bonds is 11. The summed E-state index contributed by atoms with van der Waals surface area (Å²) >= 11 is 5.91. The van der Waals surface area contributed by atoms with Gasteiger partial charge in [-0.15, -0.1) is 0 Å². The molecule has 1 aromatic carbocycles. The smallest absolute Gasteiger partial charge is 0.475 e. The minimum absolute atomic E-state index is 0.0295. The number of amides is 2. The number of nitrogens with one attached hydrogen (secondary N) is 2. The van der Waals surface area contributed by atoms with E-state index in [1.165, 1.54) is 25.7 Å². The van der Waals surface area contributed by atoms with Crippen LogP contribution in [0.1, 0.15) is 22.5 Å². The average molecular weight is 451 g/mol. The molecule has 2 atom stereocenters. The summed E-state index contributed by atoms with van der Waals surface area (Å²) in [6.07, 6.45) is 4.12. The molecule has 4 N–H and O–H groups in total. The van der Waals surface area contributed by atoms with Crippen molar-refractivity contribution in [2.75, 3.05) is 20.3 Å². The third-order valence-electron chi connectivity index (χ3n) is 4.26. The summed E-state index contributed by atoms with van der Waals surface area (Å²) in [5.41, 5.74) is 0.853. The number of hydrogen-bond acceptors (Lipinski definition) is 8. The van der Waals surface area contributed by atoms with E-state index in [1.54, 1.807) is 18.2 Å². The van der Waals surface area contributed by atoms with Gasteiger partial charge in [0, 0.05) is 30.9 Å². The highest BCUT2D eigenvalue weighted by Gasteiger charge is 2.29. The molecule has 0 radical (unpaired) electrons. The van der Waals surface area contributed by atoms with Gasteiger partial charge < -0.3 is 30.2 Å². The van der Waals surface area contributed by atoms with Crippen molar-refractivity contribution in [3.8, 4) is 5.75 Å². The first-order valence-electron chi connectivity index (χ1n) is 9.43. The Morgan fingerprint density at radius 1 is 1.26 bits per heavy atom. The second-order valence-corrected chi connectivity index (χ2v) is 7.08. The fourth-order valence-corrected chi connectivity index (χ4v) is 2.87. The van der Waals surface area contributed by atoms with Crippen molar-refractivity contribution in [2.45, 2.75) is 25.3 Å². The third-order valence-corrected chi connectivity index (χ3v) is 4.50. The van der Waals surface area contributed by atoms with E-state index < -0.39 is 30.9 Å². The Morgan fingerprint density at radius 2 is 2.03 bits per heavy atom. The van der Waals surface area contributed by atoms with Crippen molar-refractivity contribution < 1.29 is 29.1 Å². The Morgan fingerprint density at radius 3 is 2.65 bits per heavy atom. The maximum Gasteiger partial charge on any atom is 0.475 e. The molecule has 0 saturated carbocycles. The molecular formula is C19H24BClN4O6. The Bertz CT molecular complexity index is 874. The van der Waals surface area contributed by atoms with Crippen molar-refractivity contribution in [2.24, 2.45) is 0 Å². The number of aromatic nitrogens is 2. The fraction of sp³-hybridized carbons (Fsp3) is 0.368. The maximum atomic E-state index is 12.6. The van der Waals surface area contributed by atoms with Gasteiger partial charge in [0.25, 0.3) is 5.91 Å². The zero-order valence-electron chi connectivity index (χ0n) is 17.1. The highest BCUT2D eigenvalue weighted by molar-refractivity contribution is 6.43. The van der Waals surface area contributed by atoms with Crippen LogP contribution in [0.4, 0.5) is 0 Å². The highest BCUT2D eigenvalue weighted by atomic mass is 35.5. The van der Waals surface area contributed by atoms with E-state index in [4.69, 9.17) is 21.1 Å². The van der Waals surface area contributed by atoms with Gasteiger partial charge in [0.2, 0.25) is 5.91 Å². The summed E-state index contributed by atoms with van der Waals surface area (Å²) < 4.78 is 10.6. The SMILES string of the molecule is COC[C@@H](NC(=O)c1cnccn1)C(=O)N[C@@H](CCOc1ccc(Cl)cc1C)B(O)O. The molecule has 0 spiro atoms. The molecule has 10 nitrogen and oxygen atoms in total. The average Bonchev–Trinajstić information content (AvgIpc) is 2.74. The molecule has 0 fully saturated rings. The van der Waals surface area contributed by atoms with Crippen LogP contribution in [0.15, 0.2) is 36.8 Å². The van der Waals surface area contributed by atoms with Crippen molar-refractivity contribution in [1.82, 2.24) is 20.6 Å². The third kappa shape index (κ3) is 7.80. The minimum atomic E-state index is -1.84. The van der Waals surface area contributed by atoms with E-state index in [2.05, 4.69) is 20.6 Å². The first-order chi connectivity index (χ1) is 14.8. The van der Waals surface area contributed by atoms with Crippen molar-refractivity contribution >= 4 is 30.5 Å². The van der Waals surface area contributed by atoms with Crippen LogP contribution >= 0.6 is 11.6 Å². The second kappa shape index (κ2) is 12.2. The lowest BCUT2D eigenvalue weighted by molar-refractivity contribution is -0.124. The molecule has 0 aliphatic carbocycles. The normalized spacial score (nSPS) is 12.5. The van der Waals surface area contributed by atoms with E-state index in [-0.39, 0.29) is 25.3 Å². The van der Waals surface area contributed by atoms with Crippen LogP contribution in [-0.2, 0) is 9.53 Å². The Labute approximate surface area is 185 Å². The lowest BCUT2D eigenvalue weighted by Gasteiger charge is -2.23. The lowest BCUT2D eigenvalue weighted by Crippen LogP contribution is -2.55. The van der Waals surface area contributed by atoms with Crippen molar-refractivity contribution in [1.29, 1.82) is 0 Å². The highest BCUT2D eigenvalue weighted by Crippen LogP contribution is 2.22. The van der Waals surface area contributed by atoms with Gasteiger partial charge >= 0.3 is 7.12 Å². The van der Waals surface area contributed by atoms with Gasteiger partial charge in [-0.25, -0.2) is 4.98 Å². The van der Waals surface area contributed by atoms with Crippen LogP contribution in [0.2, 0.25) is 5.02 Å². The molecule has 2 amide bonds. The molecule has 12 heteroatoms. The molecule has 166 valence electrons. The first kappa shape index (κ1) is 24.5. The van der Waals surface area contributed by atoms with Gasteiger partial charge in [-0.2, -0.15) is 0 Å². The van der Waals surface area contributed by atoms with E-state index in [1.807, 2.05) is 6.92 Å². The molecule has 0 aliphatic rings. The number of carbonyl (C=O) groups excluding carboxylic acids is 2. The molecular weight excluding hydrogens is 426 g/mol. The number of nitrogens with zero attached hydrogens (tertiary/aromatic N) is 2. The van der Waals surface area contributed by atoms with E-state index in [0.29, 0.717) is 10.8 Å². The van der Waals surface area contributed by atoms with Crippen LogP contribution in [0, 0.1) is 6.92 Å². The van der Waals surface area contributed by atoms with Gasteiger partial charge in [-0.3, -0.25) is 14.6 Å². The Hall–Kier alpha value is -2.73. The van der Waals surface area contributed by atoms with E-state index in [0.717, 1.165) is 5.56 Å². The standard InChI is InChI=1S/C19H24BClN4O6/c1-12-9-13(21)3-4-16(12)31-8-5-17(20(28)29)25-19(27)15(11-30-2)24-18(26)14-10-22-6-7-23-14/h3-4,6-7,9-10,15,17,28-29H,5,8,11H2,1-2H3,(H,24,26)(H,25,27)/t15-,17+/m1/s1. The Balaban J connectivity index is 1.95. The summed E-state index contributed by atoms with van der Waals surface area (Å²) in [6.45, 7) is 1.80. The molecule has 1 heterocycles. The summed E-state index contributed by atoms with van der Waals surface area (Å²) in [6, 6.07) is 4.04. The summed E-state index contributed by atoms with van der Waals surface area (Å²) in [4.78, 5) is 32.6. The van der Waals surface area contributed by atoms with Crippen LogP contribution in [-0.4, -0.2) is 71.3 Å². The minimum Gasteiger partial charge on any atom is -0.493 e. The molecule has 0 saturated heterocycles. The molecule has 0 aliphatic heterocycles. The number of hydrogen-bond donors (Lipinski definition) is 4. The fourth-order valence-electron chi connectivity index (χ4n) is 2.65.